The molecule has 0 spiro atoms. The molecule has 0 atom stereocenters. The van der Waals surface area contributed by atoms with Gasteiger partial charge in [-0.15, -0.1) is 0 Å². The molecule has 2 saturated heterocycles. The normalized spacial score (nSPS) is 15.9. The van der Waals surface area contributed by atoms with E-state index in [9.17, 15) is 36.5 Å². The smallest absolute Gasteiger partial charge is 0.481 e. The summed E-state index contributed by atoms with van der Waals surface area (Å²) in [7, 11) is -9.58. The molecule has 4 aliphatic heterocycles. The van der Waals surface area contributed by atoms with Crippen molar-refractivity contribution in [2.75, 3.05) is 37.6 Å². The van der Waals surface area contributed by atoms with E-state index in [1.165, 1.54) is 56.3 Å². The lowest BCUT2D eigenvalue weighted by atomic mass is 9.79. The van der Waals surface area contributed by atoms with Crippen molar-refractivity contribution in [1.29, 1.82) is 0 Å². The number of rotatable bonds is 10. The topological polar surface area (TPSA) is 249 Å². The third kappa shape index (κ3) is 11.3. The summed E-state index contributed by atoms with van der Waals surface area (Å²) in [5.41, 5.74) is 16.7. The lowest BCUT2D eigenvalue weighted by Gasteiger charge is -2.17. The third-order valence-electron chi connectivity index (χ3n) is 10.4. The molecule has 4 heterocycles. The summed E-state index contributed by atoms with van der Waals surface area (Å²) in [6.45, 7) is 4.51. The second kappa shape index (κ2) is 19.1. The lowest BCUT2D eigenvalue weighted by Crippen LogP contribution is -2.29. The van der Waals surface area contributed by atoms with Crippen LogP contribution in [0.2, 0.25) is 0 Å². The van der Waals surface area contributed by atoms with Crippen molar-refractivity contribution in [1.82, 2.24) is 10.2 Å². The van der Waals surface area contributed by atoms with Crippen LogP contribution in [0.25, 0.3) is 0 Å². The highest BCUT2D eigenvalue weighted by atomic mass is 32.2. The van der Waals surface area contributed by atoms with Crippen molar-refractivity contribution in [3.63, 3.8) is 0 Å². The van der Waals surface area contributed by atoms with Gasteiger partial charge in [-0.05, 0) is 119 Å². The second-order valence-electron chi connectivity index (χ2n) is 14.9. The molecule has 19 heteroatoms. The molecular weight excluding hydrogens is 798 g/mol. The molecule has 1 amide bonds. The molecule has 15 nitrogen and oxygen atoms in total. The summed E-state index contributed by atoms with van der Waals surface area (Å²) >= 11 is 0. The fourth-order valence-electron chi connectivity index (χ4n) is 7.41. The van der Waals surface area contributed by atoms with Crippen LogP contribution >= 0.6 is 0 Å². The highest BCUT2D eigenvalue weighted by Crippen LogP contribution is 2.26. The van der Waals surface area contributed by atoms with Crippen molar-refractivity contribution in [3.8, 4) is 0 Å². The number of aliphatic carboxylic acids is 1. The molecule has 59 heavy (non-hydrogen) atoms. The number of nitrogen functional groups attached to an aromatic ring is 2. The maximum atomic E-state index is 13.2. The minimum absolute atomic E-state index is 0.0103. The minimum Gasteiger partial charge on any atom is -0.481 e. The fourth-order valence-corrected chi connectivity index (χ4v) is 10.6. The van der Waals surface area contributed by atoms with E-state index in [2.05, 4.69) is 5.32 Å². The molecule has 4 aromatic carbocycles. The number of nitrogens with zero attached hydrogens (tertiary/aromatic N) is 1. The van der Waals surface area contributed by atoms with E-state index in [-0.39, 0.29) is 45.8 Å². The van der Waals surface area contributed by atoms with Gasteiger partial charge in [0.25, 0.3) is 0 Å². The Morgan fingerprint density at radius 2 is 1.12 bits per heavy atom. The monoisotopic (exact) mass is 846 g/mol. The number of anilines is 2. The minimum atomic E-state index is -3.78. The average molecular weight is 847 g/mol. The van der Waals surface area contributed by atoms with E-state index in [0.717, 1.165) is 24.0 Å². The first kappa shape index (κ1) is 43.8. The fraction of sp³-hybridized carbons (Fsp3) is 0.350. The Morgan fingerprint density at radius 3 is 1.54 bits per heavy atom. The van der Waals surface area contributed by atoms with Crippen molar-refractivity contribution in [2.24, 2.45) is 0 Å². The first-order chi connectivity index (χ1) is 28.1. The third-order valence-corrected chi connectivity index (χ3v) is 14.0. The van der Waals surface area contributed by atoms with Crippen molar-refractivity contribution < 1.29 is 50.9 Å². The van der Waals surface area contributed by atoms with E-state index in [1.807, 2.05) is 0 Å². The van der Waals surface area contributed by atoms with E-state index in [4.69, 9.17) is 25.9 Å². The van der Waals surface area contributed by atoms with Gasteiger partial charge in [0.15, 0.2) is 19.7 Å². The summed E-state index contributed by atoms with van der Waals surface area (Å²) in [6, 6.07) is 18.8. The predicted molar refractivity (Wildman–Crippen MR) is 224 cm³/mol. The second-order valence-corrected chi connectivity index (χ2v) is 18.9. The summed E-state index contributed by atoms with van der Waals surface area (Å²) in [5, 5.41) is 31.8. The van der Waals surface area contributed by atoms with Crippen molar-refractivity contribution >= 4 is 68.1 Å². The van der Waals surface area contributed by atoms with Gasteiger partial charge in [0.05, 0.1) is 47.4 Å². The molecule has 0 saturated carbocycles. The molecule has 0 unspecified atom stereocenters. The van der Waals surface area contributed by atoms with Crippen molar-refractivity contribution in [2.45, 2.75) is 73.0 Å². The van der Waals surface area contributed by atoms with Gasteiger partial charge >= 0.3 is 20.2 Å². The van der Waals surface area contributed by atoms with Crippen LogP contribution in [0.5, 0.6) is 0 Å². The number of carbonyl (C=O) groups is 2. The zero-order valence-corrected chi connectivity index (χ0v) is 34.1. The highest BCUT2D eigenvalue weighted by Gasteiger charge is 2.30. The van der Waals surface area contributed by atoms with E-state index in [1.54, 1.807) is 47.4 Å². The van der Waals surface area contributed by atoms with E-state index in [0.29, 0.717) is 58.7 Å². The molecule has 0 radical (unpaired) electrons. The quantitative estimate of drug-likeness (QED) is 0.0967. The average Bonchev–Trinajstić information content (AvgIpc) is 4.02. The Kier molecular flexibility index (Phi) is 14.2. The number of hydrogen-bond donors (Lipinski definition) is 6. The largest absolute Gasteiger partial charge is 0.491 e. The van der Waals surface area contributed by atoms with Crippen LogP contribution in [0.15, 0.2) is 82.6 Å². The highest BCUT2D eigenvalue weighted by molar-refractivity contribution is 7.91. The Bertz CT molecular complexity index is 2400. The van der Waals surface area contributed by atoms with E-state index < -0.39 is 46.3 Å². The van der Waals surface area contributed by atoms with Crippen LogP contribution in [0.1, 0.15) is 59.1 Å². The summed E-state index contributed by atoms with van der Waals surface area (Å²) in [4.78, 5) is 25.4. The maximum absolute atomic E-state index is 13.2. The number of carboxylic acid groups (broad SMARTS) is 1. The van der Waals surface area contributed by atoms with Crippen LogP contribution in [-0.2, 0) is 76.1 Å². The molecule has 8 N–H and O–H groups in total. The van der Waals surface area contributed by atoms with Gasteiger partial charge in [-0.2, -0.15) is 0 Å². The molecule has 0 aliphatic carbocycles. The molecule has 4 aromatic rings. The summed E-state index contributed by atoms with van der Waals surface area (Å²) in [5.74, 6) is -1.77. The predicted octanol–water partition coefficient (Wildman–Crippen LogP) is 1.08. The Balaban J connectivity index is 0.000000179. The summed E-state index contributed by atoms with van der Waals surface area (Å²) in [6.07, 6.45) is 4.30. The number of carbonyl (C=O) groups excluding carboxylic acids is 1. The van der Waals surface area contributed by atoms with Gasteiger partial charge in [-0.25, -0.2) is 16.8 Å². The van der Waals surface area contributed by atoms with Crippen LogP contribution in [0.3, 0.4) is 0 Å². The van der Waals surface area contributed by atoms with Gasteiger partial charge in [-0.1, -0.05) is 36.4 Å². The van der Waals surface area contributed by atoms with Crippen LogP contribution in [0.4, 0.5) is 11.4 Å². The molecule has 2 fully saturated rings. The van der Waals surface area contributed by atoms with Gasteiger partial charge in [0.2, 0.25) is 5.91 Å². The lowest BCUT2D eigenvalue weighted by molar-refractivity contribution is -0.136. The molecule has 312 valence electrons. The van der Waals surface area contributed by atoms with Crippen LogP contribution in [-0.4, -0.2) is 89.2 Å². The number of fused-ring (bicyclic) bond motifs is 2. The van der Waals surface area contributed by atoms with Gasteiger partial charge in [-0.3, -0.25) is 9.59 Å². The molecule has 4 aliphatic rings. The van der Waals surface area contributed by atoms with Gasteiger partial charge in [0.1, 0.15) is 0 Å². The number of sulfone groups is 2. The number of amides is 1. The van der Waals surface area contributed by atoms with Crippen LogP contribution in [0, 0.1) is 0 Å². The Morgan fingerprint density at radius 1 is 0.661 bits per heavy atom. The maximum Gasteiger partial charge on any atom is 0.491 e. The zero-order valence-electron chi connectivity index (χ0n) is 32.5. The molecule has 8 rings (SSSR count). The first-order valence-corrected chi connectivity index (χ1v) is 22.7. The molecule has 0 bridgehead atoms. The zero-order chi connectivity index (χ0) is 42.3. The SMILES string of the molecule is C1CCNC1.Nc1ccc(S(=O)(=O)Cc2ccc3c(c2)B(O)OC3)c(CC(=O)N2CCCC2)c1.Nc1ccc(S(=O)(=O)Cc2ccc3c(c2)B(O)OC3)c(CC(=O)O)c1. The van der Waals surface area contributed by atoms with Crippen molar-refractivity contribution in [3.05, 3.63) is 106 Å². The standard InChI is InChI=1S/C20H23BN2O5S.C16H16BNO6S.C4H9N/c22-17-5-6-19(16(10-17)11-20(24)23-7-1-2-8-23)29(26,27)13-14-3-4-15-12-28-21(25)18(15)9-14;18-13-3-4-15(12(6-13)7-16(19)20)25(22,23)9-10-1-2-11-8-24-17(21)14(11)5-10;1-2-4-5-3-1/h3-6,9-10,25H,1-2,7-8,11-13,22H2;1-6,21H,7-9,18H2,(H,19,20);5H,1-4H2. The number of nitrogens with one attached hydrogen (secondary N) is 1. The van der Waals surface area contributed by atoms with Crippen LogP contribution < -0.4 is 27.7 Å². The Hall–Kier alpha value is -4.75. The number of carboxylic acids is 1. The molecule has 0 aromatic heterocycles. The number of nitrogens with two attached hydrogens (primary N) is 2. The summed E-state index contributed by atoms with van der Waals surface area (Å²) < 4.78 is 62.1. The first-order valence-electron chi connectivity index (χ1n) is 19.3. The number of likely N-dealkylation sites (tertiary alicyclic amines) is 1. The Labute approximate surface area is 344 Å². The number of hydrogen-bond acceptors (Lipinski definition) is 13. The van der Waals surface area contributed by atoms with Gasteiger partial charge < -0.3 is 46.1 Å². The number of benzene rings is 4. The van der Waals surface area contributed by atoms with Gasteiger partial charge in [0, 0.05) is 24.5 Å². The molecular formula is C40H48B2N4O11S2. The van der Waals surface area contributed by atoms with E-state index >= 15 is 0 Å².